The molecule has 1 fully saturated rings. The van der Waals surface area contributed by atoms with E-state index in [4.69, 9.17) is 17.0 Å². The van der Waals surface area contributed by atoms with Crippen molar-refractivity contribution >= 4 is 41.1 Å². The number of aromatic nitrogens is 1. The molecule has 150 valence electrons. The Morgan fingerprint density at radius 1 is 1.52 bits per heavy atom. The highest BCUT2D eigenvalue weighted by Gasteiger charge is 2.54. The number of carboxylic acid groups (broad SMARTS) is 1. The molecule has 0 saturated carbocycles. The molecule has 11 heteroatoms. The molecule has 2 aliphatic rings. The predicted octanol–water partition coefficient (Wildman–Crippen LogP) is -0.225. The van der Waals surface area contributed by atoms with Gasteiger partial charge in [0.1, 0.15) is 28.6 Å². The number of nitrogen functional groups attached to an aromatic ring is 1. The Bertz CT molecular complexity index is 970. The second kappa shape index (κ2) is 8.24. The summed E-state index contributed by atoms with van der Waals surface area (Å²) in [6, 6.07) is 3.71. The first-order valence-corrected chi connectivity index (χ1v) is 9.38. The number of hydrogen-bond acceptors (Lipinski definition) is 8. The SMILES string of the molecule is C#CCON=C(C(=O)NC1C(=O)N2C(C(=O)O)=CC(C)S[C@H]12)c1cccc(N)n1. The van der Waals surface area contributed by atoms with Crippen molar-refractivity contribution in [2.75, 3.05) is 12.3 Å². The highest BCUT2D eigenvalue weighted by molar-refractivity contribution is 8.00. The van der Waals surface area contributed by atoms with Crippen LogP contribution in [0.1, 0.15) is 12.6 Å². The van der Waals surface area contributed by atoms with E-state index in [-0.39, 0.29) is 34.8 Å². The van der Waals surface area contributed by atoms with Crippen LogP contribution in [0.3, 0.4) is 0 Å². The van der Waals surface area contributed by atoms with Gasteiger partial charge in [-0.25, -0.2) is 9.78 Å². The van der Waals surface area contributed by atoms with Crippen molar-refractivity contribution in [1.82, 2.24) is 15.2 Å². The molecule has 0 radical (unpaired) electrons. The number of terminal acetylenes is 1. The lowest BCUT2D eigenvalue weighted by molar-refractivity contribution is -0.150. The van der Waals surface area contributed by atoms with E-state index < -0.39 is 29.2 Å². The largest absolute Gasteiger partial charge is 0.477 e. The number of amides is 2. The third kappa shape index (κ3) is 4.02. The first-order valence-electron chi connectivity index (χ1n) is 8.44. The summed E-state index contributed by atoms with van der Waals surface area (Å²) in [5.41, 5.74) is 5.50. The highest BCUT2D eigenvalue weighted by Crippen LogP contribution is 2.40. The quantitative estimate of drug-likeness (QED) is 0.190. The summed E-state index contributed by atoms with van der Waals surface area (Å²) in [6.07, 6.45) is 6.62. The minimum atomic E-state index is -1.20. The molecule has 1 saturated heterocycles. The topological polar surface area (TPSA) is 147 Å². The van der Waals surface area contributed by atoms with Crippen LogP contribution in [0.15, 0.2) is 35.1 Å². The van der Waals surface area contributed by atoms with E-state index in [9.17, 15) is 19.5 Å². The van der Waals surface area contributed by atoms with Crippen LogP contribution in [0.25, 0.3) is 0 Å². The molecule has 3 rings (SSSR count). The normalized spacial score (nSPS) is 23.2. The van der Waals surface area contributed by atoms with Gasteiger partial charge in [0.05, 0.1) is 0 Å². The van der Waals surface area contributed by atoms with E-state index in [0.29, 0.717) is 0 Å². The van der Waals surface area contributed by atoms with Crippen LogP contribution in [0.2, 0.25) is 0 Å². The van der Waals surface area contributed by atoms with Crippen LogP contribution in [-0.2, 0) is 19.2 Å². The number of hydrogen-bond donors (Lipinski definition) is 3. The summed E-state index contributed by atoms with van der Waals surface area (Å²) in [5, 5.41) is 14.9. The van der Waals surface area contributed by atoms with E-state index in [2.05, 4.69) is 21.4 Å². The molecular formula is C18H17N5O5S. The zero-order valence-corrected chi connectivity index (χ0v) is 16.0. The number of β-lactam (4-membered cyclic amide) rings is 1. The van der Waals surface area contributed by atoms with Crippen molar-refractivity contribution in [3.05, 3.63) is 35.7 Å². The Morgan fingerprint density at radius 3 is 2.93 bits per heavy atom. The van der Waals surface area contributed by atoms with Crippen molar-refractivity contribution in [3.63, 3.8) is 0 Å². The molecule has 1 aromatic rings. The number of nitrogens with zero attached hydrogens (tertiary/aromatic N) is 3. The number of carbonyl (C=O) groups is 3. The molecule has 0 spiro atoms. The molecule has 1 aromatic heterocycles. The van der Waals surface area contributed by atoms with E-state index in [1.165, 1.54) is 30.0 Å². The second-order valence-corrected chi connectivity index (χ2v) is 7.61. The summed E-state index contributed by atoms with van der Waals surface area (Å²) < 4.78 is 0. The smallest absolute Gasteiger partial charge is 0.352 e. The van der Waals surface area contributed by atoms with Gasteiger partial charge < -0.3 is 21.0 Å². The summed E-state index contributed by atoms with van der Waals surface area (Å²) in [4.78, 5) is 46.8. The number of pyridine rings is 1. The Kier molecular flexibility index (Phi) is 5.74. The van der Waals surface area contributed by atoms with Crippen molar-refractivity contribution in [1.29, 1.82) is 0 Å². The number of rotatable bonds is 6. The molecule has 0 bridgehead atoms. The standard InChI is InChI=1S/C18H17N5O5S/c1-3-7-28-22-13(10-5-4-6-12(19)20-10)15(24)21-14-16(25)23-11(18(26)27)8-9(2)29-17(14)23/h1,4-6,8-9,14,17H,7H2,2H3,(H2,19,20)(H,21,24)(H,26,27)/t9?,14?,17-/m1/s1. The number of nitrogens with two attached hydrogens (primary N) is 1. The Morgan fingerprint density at radius 2 is 2.28 bits per heavy atom. The molecule has 0 aliphatic carbocycles. The molecule has 0 aromatic carbocycles. The molecule has 3 atom stereocenters. The first-order chi connectivity index (χ1) is 13.8. The van der Waals surface area contributed by atoms with Crippen LogP contribution >= 0.6 is 11.8 Å². The lowest BCUT2D eigenvalue weighted by Gasteiger charge is -2.49. The Balaban J connectivity index is 1.81. The van der Waals surface area contributed by atoms with E-state index in [0.717, 1.165) is 4.90 Å². The molecule has 2 aliphatic heterocycles. The van der Waals surface area contributed by atoms with Crippen molar-refractivity contribution in [2.45, 2.75) is 23.6 Å². The molecule has 2 unspecified atom stereocenters. The van der Waals surface area contributed by atoms with Gasteiger partial charge in [-0.2, -0.15) is 0 Å². The van der Waals surface area contributed by atoms with Gasteiger partial charge in [0.15, 0.2) is 12.3 Å². The maximum Gasteiger partial charge on any atom is 0.352 e. The fourth-order valence-corrected chi connectivity index (χ4v) is 4.19. The third-order valence-electron chi connectivity index (χ3n) is 4.09. The molecule has 29 heavy (non-hydrogen) atoms. The number of anilines is 1. The zero-order chi connectivity index (χ0) is 21.1. The average Bonchev–Trinajstić information content (AvgIpc) is 2.68. The summed E-state index contributed by atoms with van der Waals surface area (Å²) in [5.74, 6) is -0.0652. The lowest BCUT2D eigenvalue weighted by atomic mass is 10.0. The Hall–Kier alpha value is -3.52. The summed E-state index contributed by atoms with van der Waals surface area (Å²) in [6.45, 7) is 1.64. The van der Waals surface area contributed by atoms with Crippen molar-refractivity contribution in [3.8, 4) is 12.3 Å². The van der Waals surface area contributed by atoms with Crippen LogP contribution in [0.5, 0.6) is 0 Å². The third-order valence-corrected chi connectivity index (χ3v) is 5.41. The molecule has 10 nitrogen and oxygen atoms in total. The molecule has 4 N–H and O–H groups in total. The molecule has 2 amide bonds. The number of fused-ring (bicyclic) bond motifs is 1. The highest BCUT2D eigenvalue weighted by atomic mass is 32.2. The second-order valence-electron chi connectivity index (χ2n) is 6.11. The van der Waals surface area contributed by atoms with E-state index >= 15 is 0 Å². The lowest BCUT2D eigenvalue weighted by Crippen LogP contribution is -2.71. The van der Waals surface area contributed by atoms with Gasteiger partial charge in [-0.3, -0.25) is 14.5 Å². The number of carbonyl (C=O) groups excluding carboxylic acids is 2. The zero-order valence-electron chi connectivity index (χ0n) is 15.2. The van der Waals surface area contributed by atoms with Gasteiger partial charge >= 0.3 is 5.97 Å². The van der Waals surface area contributed by atoms with E-state index in [1.54, 1.807) is 6.07 Å². The number of aliphatic carboxylic acids is 1. The Labute approximate surface area is 170 Å². The van der Waals surface area contributed by atoms with Gasteiger partial charge in [0.2, 0.25) is 0 Å². The monoisotopic (exact) mass is 415 g/mol. The number of thioether (sulfide) groups is 1. The summed E-state index contributed by atoms with van der Waals surface area (Å²) >= 11 is 1.36. The van der Waals surface area contributed by atoms with Crippen LogP contribution in [0, 0.1) is 12.3 Å². The molecular weight excluding hydrogens is 398 g/mol. The maximum atomic E-state index is 12.8. The number of carboxylic acids is 1. The predicted molar refractivity (Wildman–Crippen MR) is 105 cm³/mol. The van der Waals surface area contributed by atoms with E-state index in [1.807, 2.05) is 6.92 Å². The average molecular weight is 415 g/mol. The molecule has 3 heterocycles. The van der Waals surface area contributed by atoms with Gasteiger partial charge in [0, 0.05) is 5.25 Å². The van der Waals surface area contributed by atoms with Gasteiger partial charge in [-0.05, 0) is 25.1 Å². The fraction of sp³-hybridized carbons (Fsp3) is 0.278. The first kappa shape index (κ1) is 20.2. The number of oxime groups is 1. The van der Waals surface area contributed by atoms with Crippen LogP contribution in [0.4, 0.5) is 5.82 Å². The van der Waals surface area contributed by atoms with Crippen molar-refractivity contribution in [2.24, 2.45) is 5.16 Å². The van der Waals surface area contributed by atoms with Gasteiger partial charge in [0.25, 0.3) is 11.8 Å². The van der Waals surface area contributed by atoms with Gasteiger partial charge in [-0.15, -0.1) is 18.2 Å². The number of nitrogens with one attached hydrogen (secondary N) is 1. The summed E-state index contributed by atoms with van der Waals surface area (Å²) in [7, 11) is 0. The van der Waals surface area contributed by atoms with Crippen molar-refractivity contribution < 1.29 is 24.3 Å². The maximum absolute atomic E-state index is 12.8. The minimum Gasteiger partial charge on any atom is -0.477 e. The van der Waals surface area contributed by atoms with Crippen LogP contribution in [-0.4, -0.2) is 61.8 Å². The fourth-order valence-electron chi connectivity index (χ4n) is 2.86. The van der Waals surface area contributed by atoms with Gasteiger partial charge in [-0.1, -0.05) is 17.1 Å². The minimum absolute atomic E-state index is 0.0968. The van der Waals surface area contributed by atoms with Crippen LogP contribution < -0.4 is 11.1 Å².